The van der Waals surface area contributed by atoms with Crippen LogP contribution in [0.3, 0.4) is 0 Å². The third kappa shape index (κ3) is 2.64. The maximum atomic E-state index is 11.3. The van der Waals surface area contributed by atoms with Gasteiger partial charge in [0, 0.05) is 18.6 Å². The highest BCUT2D eigenvalue weighted by Gasteiger charge is 2.22. The first-order valence-corrected chi connectivity index (χ1v) is 6.59. The molecule has 1 aromatic heterocycles. The summed E-state index contributed by atoms with van der Waals surface area (Å²) in [6, 6.07) is 2.73. The van der Waals surface area contributed by atoms with Gasteiger partial charge in [-0.3, -0.25) is 0 Å². The van der Waals surface area contributed by atoms with Gasteiger partial charge in [-0.05, 0) is 13.5 Å². The van der Waals surface area contributed by atoms with E-state index in [0.717, 1.165) is 0 Å². The number of aliphatic carboxylic acids is 1. The van der Waals surface area contributed by atoms with Crippen molar-refractivity contribution in [3.8, 4) is 11.5 Å². The van der Waals surface area contributed by atoms with Gasteiger partial charge in [0.1, 0.15) is 11.9 Å². The van der Waals surface area contributed by atoms with Crippen LogP contribution in [0.4, 0.5) is 0 Å². The van der Waals surface area contributed by atoms with Crippen LogP contribution in [-0.4, -0.2) is 41.4 Å². The van der Waals surface area contributed by atoms with Crippen LogP contribution in [0.1, 0.15) is 18.8 Å². The van der Waals surface area contributed by atoms with Crippen LogP contribution in [0.2, 0.25) is 0 Å². The van der Waals surface area contributed by atoms with E-state index in [9.17, 15) is 9.90 Å². The Morgan fingerprint density at radius 2 is 2.00 bits per heavy atom. The minimum Gasteiger partial charge on any atom is -0.493 e. The van der Waals surface area contributed by atoms with Crippen molar-refractivity contribution >= 4 is 17.0 Å². The molecule has 0 fully saturated rings. The molecule has 1 aromatic carbocycles. The van der Waals surface area contributed by atoms with Crippen molar-refractivity contribution in [2.45, 2.75) is 19.4 Å². The predicted octanol–water partition coefficient (Wildman–Crippen LogP) is 1.20. The summed E-state index contributed by atoms with van der Waals surface area (Å²) in [6.07, 6.45) is 0.497. The van der Waals surface area contributed by atoms with Crippen molar-refractivity contribution in [3.05, 3.63) is 18.0 Å². The molecule has 0 aliphatic rings. The van der Waals surface area contributed by atoms with Crippen LogP contribution in [0.25, 0.3) is 11.0 Å². The zero-order valence-electron chi connectivity index (χ0n) is 12.3. The van der Waals surface area contributed by atoms with Crippen molar-refractivity contribution in [3.63, 3.8) is 0 Å². The monoisotopic (exact) mass is 293 g/mol. The fraction of sp³-hybridized carbons (Fsp3) is 0.429. The lowest BCUT2D eigenvalue weighted by Crippen LogP contribution is -2.19. The molecule has 2 aromatic rings. The molecule has 114 valence electrons. The summed E-state index contributed by atoms with van der Waals surface area (Å²) in [4.78, 5) is 15.8. The van der Waals surface area contributed by atoms with Crippen LogP contribution in [0.15, 0.2) is 12.1 Å². The highest BCUT2D eigenvalue weighted by atomic mass is 16.5. The van der Waals surface area contributed by atoms with E-state index in [1.54, 1.807) is 30.7 Å². The fourth-order valence-electron chi connectivity index (χ4n) is 2.32. The molecule has 7 heteroatoms. The molecule has 21 heavy (non-hydrogen) atoms. The molecule has 0 aliphatic heterocycles. The van der Waals surface area contributed by atoms with Crippen molar-refractivity contribution in [2.24, 2.45) is 5.73 Å². The number of nitrogens with two attached hydrogens (primary N) is 1. The van der Waals surface area contributed by atoms with E-state index in [0.29, 0.717) is 41.3 Å². The number of carboxylic acid groups (broad SMARTS) is 1. The minimum absolute atomic E-state index is 0.393. The number of rotatable bonds is 6. The van der Waals surface area contributed by atoms with E-state index in [1.807, 2.05) is 0 Å². The molecule has 1 heterocycles. The molecule has 0 bridgehead atoms. The Bertz CT molecular complexity index is 666. The number of methoxy groups -OCH3 is 2. The normalized spacial score (nSPS) is 12.4. The zero-order valence-corrected chi connectivity index (χ0v) is 12.3. The van der Waals surface area contributed by atoms with E-state index < -0.39 is 12.0 Å². The van der Waals surface area contributed by atoms with Crippen molar-refractivity contribution in [2.75, 3.05) is 20.8 Å². The largest absolute Gasteiger partial charge is 0.493 e. The summed E-state index contributed by atoms with van der Waals surface area (Å²) in [5, 5.41) is 9.30. The topological polar surface area (TPSA) is 99.6 Å². The molecule has 0 saturated heterocycles. The molecule has 7 nitrogen and oxygen atoms in total. The van der Waals surface area contributed by atoms with Gasteiger partial charge in [0.05, 0.1) is 25.3 Å². The molecule has 0 radical (unpaired) electrons. The lowest BCUT2D eigenvalue weighted by Gasteiger charge is -2.14. The SMILES string of the molecule is COc1cc2nc(CCN)n(C(C)C(=O)O)c2cc1OC. The third-order valence-corrected chi connectivity index (χ3v) is 3.38. The minimum atomic E-state index is -0.928. The summed E-state index contributed by atoms with van der Waals surface area (Å²) in [5.41, 5.74) is 6.93. The Labute approximate surface area is 122 Å². The molecule has 1 atom stereocenters. The van der Waals surface area contributed by atoms with Crippen molar-refractivity contribution in [1.29, 1.82) is 0 Å². The molecule has 2 rings (SSSR count). The Balaban J connectivity index is 2.72. The zero-order chi connectivity index (χ0) is 15.6. The lowest BCUT2D eigenvalue weighted by molar-refractivity contribution is -0.140. The van der Waals surface area contributed by atoms with Gasteiger partial charge in [-0.2, -0.15) is 0 Å². The number of carboxylic acids is 1. The number of carbonyl (C=O) groups is 1. The molecular formula is C14H19N3O4. The number of imidazole rings is 1. The standard InChI is InChI=1S/C14H19N3O4/c1-8(14(18)19)17-10-7-12(21-3)11(20-2)6-9(10)16-13(17)4-5-15/h6-8H,4-5,15H2,1-3H3,(H,18,19). The van der Waals surface area contributed by atoms with Crippen LogP contribution in [-0.2, 0) is 11.2 Å². The van der Waals surface area contributed by atoms with Crippen LogP contribution in [0, 0.1) is 0 Å². The molecule has 0 spiro atoms. The second kappa shape index (κ2) is 6.01. The number of ether oxygens (including phenoxy) is 2. The Morgan fingerprint density at radius 1 is 1.38 bits per heavy atom. The smallest absolute Gasteiger partial charge is 0.326 e. The first-order chi connectivity index (χ1) is 10.0. The average Bonchev–Trinajstić information content (AvgIpc) is 2.81. The maximum Gasteiger partial charge on any atom is 0.326 e. The summed E-state index contributed by atoms with van der Waals surface area (Å²) < 4.78 is 12.2. The molecule has 0 amide bonds. The lowest BCUT2D eigenvalue weighted by atomic mass is 10.2. The number of aromatic nitrogens is 2. The molecule has 3 N–H and O–H groups in total. The second-order valence-electron chi connectivity index (χ2n) is 4.65. The number of hydrogen-bond donors (Lipinski definition) is 2. The molecule has 1 unspecified atom stereocenters. The predicted molar refractivity (Wildman–Crippen MR) is 77.9 cm³/mol. The number of benzene rings is 1. The molecular weight excluding hydrogens is 274 g/mol. The Hall–Kier alpha value is -2.28. The highest BCUT2D eigenvalue weighted by Crippen LogP contribution is 2.33. The van der Waals surface area contributed by atoms with Gasteiger partial charge in [0.2, 0.25) is 0 Å². The van der Waals surface area contributed by atoms with Gasteiger partial charge in [0.15, 0.2) is 11.5 Å². The van der Waals surface area contributed by atoms with Gasteiger partial charge in [-0.25, -0.2) is 9.78 Å². The fourth-order valence-corrected chi connectivity index (χ4v) is 2.32. The van der Waals surface area contributed by atoms with Gasteiger partial charge in [-0.15, -0.1) is 0 Å². The van der Waals surface area contributed by atoms with E-state index in [-0.39, 0.29) is 0 Å². The van der Waals surface area contributed by atoms with E-state index >= 15 is 0 Å². The number of hydrogen-bond acceptors (Lipinski definition) is 5. The molecule has 0 saturated carbocycles. The van der Waals surface area contributed by atoms with Gasteiger partial charge in [-0.1, -0.05) is 0 Å². The van der Waals surface area contributed by atoms with Crippen LogP contribution >= 0.6 is 0 Å². The van der Waals surface area contributed by atoms with Gasteiger partial charge < -0.3 is 24.9 Å². The quantitative estimate of drug-likeness (QED) is 0.830. The summed E-state index contributed by atoms with van der Waals surface area (Å²) in [7, 11) is 3.08. The molecule has 0 aliphatic carbocycles. The van der Waals surface area contributed by atoms with Gasteiger partial charge >= 0.3 is 5.97 Å². The Morgan fingerprint density at radius 3 is 2.52 bits per heavy atom. The first-order valence-electron chi connectivity index (χ1n) is 6.59. The van der Waals surface area contributed by atoms with E-state index in [4.69, 9.17) is 15.2 Å². The van der Waals surface area contributed by atoms with Crippen molar-refractivity contribution in [1.82, 2.24) is 9.55 Å². The van der Waals surface area contributed by atoms with Crippen molar-refractivity contribution < 1.29 is 19.4 Å². The Kier molecular flexibility index (Phi) is 4.32. The summed E-state index contributed by atoms with van der Waals surface area (Å²) in [5.74, 6) is 0.792. The van der Waals surface area contributed by atoms with E-state index in [1.165, 1.54) is 7.11 Å². The number of nitrogens with zero attached hydrogens (tertiary/aromatic N) is 2. The first kappa shape index (κ1) is 15.1. The van der Waals surface area contributed by atoms with E-state index in [2.05, 4.69) is 4.98 Å². The second-order valence-corrected chi connectivity index (χ2v) is 4.65. The summed E-state index contributed by atoms with van der Waals surface area (Å²) in [6.45, 7) is 2.00. The van der Waals surface area contributed by atoms with Gasteiger partial charge in [0.25, 0.3) is 0 Å². The van der Waals surface area contributed by atoms with Crippen LogP contribution in [0.5, 0.6) is 11.5 Å². The average molecular weight is 293 g/mol. The number of fused-ring (bicyclic) bond motifs is 1. The van der Waals surface area contributed by atoms with Crippen LogP contribution < -0.4 is 15.2 Å². The third-order valence-electron chi connectivity index (χ3n) is 3.38. The summed E-state index contributed by atoms with van der Waals surface area (Å²) >= 11 is 0. The maximum absolute atomic E-state index is 11.3. The highest BCUT2D eigenvalue weighted by molar-refractivity contribution is 5.83.